The molecule has 0 radical (unpaired) electrons. The van der Waals surface area contributed by atoms with Gasteiger partial charge in [0, 0.05) is 6.54 Å². The quantitative estimate of drug-likeness (QED) is 0.343. The Morgan fingerprint density at radius 3 is 2.90 bits per heavy atom. The monoisotopic (exact) mass is 143 g/mol. The van der Waals surface area contributed by atoms with Crippen LogP contribution in [0, 0.1) is 4.91 Å². The molecule has 0 unspecified atom stereocenters. The van der Waals surface area contributed by atoms with E-state index in [4.69, 9.17) is 0 Å². The Balaban J connectivity index is 3.38. The van der Waals surface area contributed by atoms with E-state index in [1.165, 1.54) is 5.12 Å². The molecule has 0 rings (SSSR count). The van der Waals surface area contributed by atoms with Gasteiger partial charge < -0.3 is 0 Å². The second-order valence-electron chi connectivity index (χ2n) is 1.86. The minimum Gasteiger partial charge on any atom is -0.211 e. The lowest BCUT2D eigenvalue weighted by atomic mass is 10.5. The molecule has 10 heavy (non-hydrogen) atoms. The summed E-state index contributed by atoms with van der Waals surface area (Å²) in [6, 6.07) is 0. The molecule has 0 aromatic heterocycles. The Kier molecular flexibility index (Phi) is 5.66. The van der Waals surface area contributed by atoms with E-state index in [0.29, 0.717) is 13.1 Å². The van der Waals surface area contributed by atoms with Crippen LogP contribution in [-0.2, 0) is 0 Å². The van der Waals surface area contributed by atoms with E-state index in [-0.39, 0.29) is 0 Å². The van der Waals surface area contributed by atoms with E-state index in [9.17, 15) is 4.91 Å². The normalized spacial score (nSPS) is 8.90. The Hall–Kier alpha value is -0.900. The summed E-state index contributed by atoms with van der Waals surface area (Å²) in [6.45, 7) is 6.69. The molecule has 0 atom stereocenters. The topological polar surface area (TPSA) is 44.7 Å². The van der Waals surface area contributed by atoms with Crippen LogP contribution >= 0.6 is 0 Å². The highest BCUT2D eigenvalue weighted by molar-refractivity contribution is 4.67. The van der Waals surface area contributed by atoms with Crippen molar-refractivity contribution in [3.63, 3.8) is 0 Å². The summed E-state index contributed by atoms with van der Waals surface area (Å²) in [5.74, 6) is 0. The number of nitrogens with one attached hydrogen (secondary N) is 1. The molecule has 58 valence electrons. The first kappa shape index (κ1) is 9.10. The maximum atomic E-state index is 9.98. The van der Waals surface area contributed by atoms with Crippen molar-refractivity contribution in [2.24, 2.45) is 5.29 Å². The van der Waals surface area contributed by atoms with E-state index in [2.05, 4.69) is 17.3 Å². The van der Waals surface area contributed by atoms with Gasteiger partial charge in [0.1, 0.15) is 0 Å². The van der Waals surface area contributed by atoms with Crippen LogP contribution in [0.25, 0.3) is 0 Å². The van der Waals surface area contributed by atoms with Gasteiger partial charge in [-0.3, -0.25) is 0 Å². The second-order valence-corrected chi connectivity index (χ2v) is 1.86. The number of hydrazine groups is 1. The number of nitrogens with zero attached hydrogens (tertiary/aromatic N) is 2. The molecule has 0 saturated heterocycles. The van der Waals surface area contributed by atoms with Gasteiger partial charge in [-0.2, -0.15) is 5.12 Å². The fourth-order valence-corrected chi connectivity index (χ4v) is 0.530. The largest absolute Gasteiger partial charge is 0.211 e. The molecule has 0 saturated carbocycles. The first-order chi connectivity index (χ1) is 4.85. The predicted octanol–water partition coefficient (Wildman–Crippen LogP) is 1.07. The molecule has 0 aliphatic rings. The smallest absolute Gasteiger partial charge is 0.0684 e. The SMILES string of the molecule is C=CCNN(CCC)N=O. The third-order valence-corrected chi connectivity index (χ3v) is 0.952. The van der Waals surface area contributed by atoms with Gasteiger partial charge in [0.2, 0.25) is 0 Å². The number of rotatable bonds is 6. The van der Waals surface area contributed by atoms with E-state index < -0.39 is 0 Å². The highest BCUT2D eigenvalue weighted by atomic mass is 16.3. The summed E-state index contributed by atoms with van der Waals surface area (Å²) < 4.78 is 0. The molecule has 0 aromatic carbocycles. The lowest BCUT2D eigenvalue weighted by Crippen LogP contribution is -2.33. The van der Waals surface area contributed by atoms with Crippen molar-refractivity contribution in [3.8, 4) is 0 Å². The number of hydrogen-bond donors (Lipinski definition) is 1. The molecule has 0 amide bonds. The Morgan fingerprint density at radius 1 is 1.80 bits per heavy atom. The van der Waals surface area contributed by atoms with Gasteiger partial charge in [-0.1, -0.05) is 13.0 Å². The fourth-order valence-electron chi connectivity index (χ4n) is 0.530. The van der Waals surface area contributed by atoms with Crippen molar-refractivity contribution in [1.29, 1.82) is 0 Å². The van der Waals surface area contributed by atoms with Crippen molar-refractivity contribution in [1.82, 2.24) is 10.5 Å². The van der Waals surface area contributed by atoms with E-state index in [0.717, 1.165) is 6.42 Å². The number of nitroso groups, excluding NO2 is 1. The number of hydrogen-bond acceptors (Lipinski definition) is 3. The molecule has 0 aliphatic heterocycles. The molecular weight excluding hydrogens is 130 g/mol. The van der Waals surface area contributed by atoms with Gasteiger partial charge in [-0.25, -0.2) is 5.43 Å². The first-order valence-electron chi connectivity index (χ1n) is 3.30. The molecular formula is C6H13N3O. The average Bonchev–Trinajstić information content (AvgIpc) is 1.98. The first-order valence-corrected chi connectivity index (χ1v) is 3.30. The summed E-state index contributed by atoms with van der Waals surface area (Å²) in [5.41, 5.74) is 2.76. The zero-order valence-corrected chi connectivity index (χ0v) is 6.21. The van der Waals surface area contributed by atoms with Crippen molar-refractivity contribution in [2.45, 2.75) is 13.3 Å². The summed E-state index contributed by atoms with van der Waals surface area (Å²) in [4.78, 5) is 9.98. The zero-order valence-electron chi connectivity index (χ0n) is 6.21. The Labute approximate surface area is 60.8 Å². The minimum absolute atomic E-state index is 0.575. The van der Waals surface area contributed by atoms with E-state index >= 15 is 0 Å². The third kappa shape index (κ3) is 4.03. The van der Waals surface area contributed by atoms with Gasteiger partial charge in [0.05, 0.1) is 11.8 Å². The van der Waals surface area contributed by atoms with Crippen molar-refractivity contribution in [2.75, 3.05) is 13.1 Å². The highest BCUT2D eigenvalue weighted by Gasteiger charge is 1.95. The van der Waals surface area contributed by atoms with Crippen molar-refractivity contribution < 1.29 is 0 Å². The van der Waals surface area contributed by atoms with Crippen LogP contribution in [0.4, 0.5) is 0 Å². The van der Waals surface area contributed by atoms with Crippen LogP contribution in [0.15, 0.2) is 17.9 Å². The average molecular weight is 143 g/mol. The summed E-state index contributed by atoms with van der Waals surface area (Å²) >= 11 is 0. The molecule has 4 heteroatoms. The van der Waals surface area contributed by atoms with Crippen LogP contribution in [0.5, 0.6) is 0 Å². The molecule has 0 bridgehead atoms. The Bertz CT molecular complexity index is 105. The highest BCUT2D eigenvalue weighted by Crippen LogP contribution is 1.85. The van der Waals surface area contributed by atoms with Crippen molar-refractivity contribution >= 4 is 0 Å². The fraction of sp³-hybridized carbons (Fsp3) is 0.667. The molecule has 0 fully saturated rings. The maximum Gasteiger partial charge on any atom is 0.0684 e. The maximum absolute atomic E-state index is 9.98. The zero-order chi connectivity index (χ0) is 7.82. The molecule has 4 nitrogen and oxygen atoms in total. The minimum atomic E-state index is 0.575. The van der Waals surface area contributed by atoms with Crippen LogP contribution in [-0.4, -0.2) is 18.2 Å². The third-order valence-electron chi connectivity index (χ3n) is 0.952. The van der Waals surface area contributed by atoms with E-state index in [1.807, 2.05) is 6.92 Å². The summed E-state index contributed by atoms with van der Waals surface area (Å²) in [7, 11) is 0. The lowest BCUT2D eigenvalue weighted by Gasteiger charge is -2.12. The Morgan fingerprint density at radius 2 is 2.50 bits per heavy atom. The molecule has 1 N–H and O–H groups in total. The van der Waals surface area contributed by atoms with Crippen LogP contribution in [0.1, 0.15) is 13.3 Å². The van der Waals surface area contributed by atoms with Gasteiger partial charge in [0.25, 0.3) is 0 Å². The lowest BCUT2D eigenvalue weighted by molar-refractivity contribution is 0.203. The van der Waals surface area contributed by atoms with Gasteiger partial charge in [0.15, 0.2) is 0 Å². The van der Waals surface area contributed by atoms with Gasteiger partial charge in [-0.15, -0.1) is 11.5 Å². The van der Waals surface area contributed by atoms with Crippen LogP contribution in [0.3, 0.4) is 0 Å². The van der Waals surface area contributed by atoms with Crippen molar-refractivity contribution in [3.05, 3.63) is 17.6 Å². The van der Waals surface area contributed by atoms with Crippen LogP contribution < -0.4 is 5.43 Å². The molecule has 0 aromatic rings. The van der Waals surface area contributed by atoms with Gasteiger partial charge >= 0.3 is 0 Å². The standard InChI is InChI=1S/C6H13N3O/c1-3-5-7-9(8-10)6-4-2/h3,7H,1,4-6H2,2H3. The summed E-state index contributed by atoms with van der Waals surface area (Å²) in [6.07, 6.45) is 2.57. The predicted molar refractivity (Wildman–Crippen MR) is 41.0 cm³/mol. The molecule has 0 spiro atoms. The van der Waals surface area contributed by atoms with Gasteiger partial charge in [-0.05, 0) is 6.42 Å². The molecule has 0 heterocycles. The summed E-state index contributed by atoms with van der Waals surface area (Å²) in [5, 5.41) is 4.01. The molecule has 0 aliphatic carbocycles. The van der Waals surface area contributed by atoms with E-state index in [1.54, 1.807) is 6.08 Å². The second kappa shape index (κ2) is 6.22. The van der Waals surface area contributed by atoms with Crippen LogP contribution in [0.2, 0.25) is 0 Å².